The number of ether oxygens (including phenoxy) is 1. The van der Waals surface area contributed by atoms with Gasteiger partial charge in [0.15, 0.2) is 5.13 Å². The van der Waals surface area contributed by atoms with Gasteiger partial charge >= 0.3 is 5.97 Å². The van der Waals surface area contributed by atoms with Gasteiger partial charge in [0.1, 0.15) is 11.8 Å². The van der Waals surface area contributed by atoms with Crippen molar-refractivity contribution in [3.8, 4) is 5.75 Å². The van der Waals surface area contributed by atoms with Crippen LogP contribution >= 0.6 is 23.5 Å². The number of fused-ring (bicyclic) bond motifs is 1. The summed E-state index contributed by atoms with van der Waals surface area (Å²) in [6.07, 6.45) is 1.64. The molecule has 0 bridgehead atoms. The van der Waals surface area contributed by atoms with Crippen LogP contribution in [-0.4, -0.2) is 29.4 Å². The van der Waals surface area contributed by atoms with Crippen LogP contribution in [0.25, 0.3) is 10.2 Å². The number of halogens is 1. The molecule has 1 aliphatic heterocycles. The van der Waals surface area contributed by atoms with Gasteiger partial charge in [-0.3, -0.25) is 10.1 Å². The lowest BCUT2D eigenvalue weighted by molar-refractivity contribution is -0.136. The Labute approximate surface area is 175 Å². The average Bonchev–Trinajstić information content (AvgIpc) is 3.38. The lowest BCUT2D eigenvalue weighted by Crippen LogP contribution is -2.34. The quantitative estimate of drug-likeness (QED) is 0.458. The Kier molecular flexibility index (Phi) is 5.79. The van der Waals surface area contributed by atoms with E-state index in [1.54, 1.807) is 36.4 Å². The second-order valence-corrected chi connectivity index (χ2v) is 8.41. The molecule has 0 saturated carbocycles. The summed E-state index contributed by atoms with van der Waals surface area (Å²) >= 11 is 1.41. The first kappa shape index (κ1) is 19.8. The minimum atomic E-state index is -0.421. The summed E-state index contributed by atoms with van der Waals surface area (Å²) in [7, 11) is 0. The fraction of sp³-hybridized carbons (Fsp3) is 0.250. The number of amides is 1. The van der Waals surface area contributed by atoms with Gasteiger partial charge < -0.3 is 10.1 Å². The number of thiazole rings is 1. The van der Waals surface area contributed by atoms with E-state index in [1.807, 2.05) is 6.92 Å². The van der Waals surface area contributed by atoms with Crippen LogP contribution in [0.1, 0.15) is 28.8 Å². The van der Waals surface area contributed by atoms with E-state index in [2.05, 4.69) is 15.6 Å². The third-order valence-corrected chi connectivity index (χ3v) is 5.97. The van der Waals surface area contributed by atoms with Gasteiger partial charge in [-0.25, -0.2) is 9.78 Å². The van der Waals surface area contributed by atoms with Crippen LogP contribution in [0.2, 0.25) is 0 Å². The Morgan fingerprint density at radius 1 is 1.31 bits per heavy atom. The van der Waals surface area contributed by atoms with Gasteiger partial charge in [-0.2, -0.15) is 3.89 Å². The zero-order chi connectivity index (χ0) is 20.4. The molecule has 0 spiro atoms. The van der Waals surface area contributed by atoms with Gasteiger partial charge in [0.25, 0.3) is 5.91 Å². The first-order chi connectivity index (χ1) is 14.0. The number of esters is 1. The number of carbonyl (C=O) groups is 2. The molecule has 1 aromatic heterocycles. The first-order valence-corrected chi connectivity index (χ1v) is 10.6. The van der Waals surface area contributed by atoms with Crippen molar-refractivity contribution in [2.45, 2.75) is 30.7 Å². The van der Waals surface area contributed by atoms with Crippen molar-refractivity contribution < 1.29 is 18.2 Å². The summed E-state index contributed by atoms with van der Waals surface area (Å²) < 4.78 is 19.1. The molecule has 2 aromatic carbocycles. The highest BCUT2D eigenvalue weighted by atomic mass is 32.2. The molecule has 2 N–H and O–H groups in total. The number of rotatable bonds is 5. The Morgan fingerprint density at radius 2 is 2.17 bits per heavy atom. The molecule has 1 amide bonds. The minimum absolute atomic E-state index is 0.161. The Morgan fingerprint density at radius 3 is 2.93 bits per heavy atom. The van der Waals surface area contributed by atoms with E-state index in [-0.39, 0.29) is 29.5 Å². The fourth-order valence-corrected chi connectivity index (χ4v) is 4.40. The van der Waals surface area contributed by atoms with Crippen LogP contribution in [0, 0.1) is 6.92 Å². The van der Waals surface area contributed by atoms with Gasteiger partial charge in [-0.1, -0.05) is 23.0 Å². The van der Waals surface area contributed by atoms with E-state index in [0.717, 1.165) is 29.6 Å². The van der Waals surface area contributed by atoms with Gasteiger partial charge in [0, 0.05) is 4.90 Å². The molecule has 0 aliphatic carbocycles. The lowest BCUT2D eigenvalue weighted by atomic mass is 10.1. The standard InChI is InChI=1S/C20H18FN3O3S2/c1-11-4-7-16(27-19(26)15-3-2-8-22-15)13(9-11)18(25)24-20-23-14-6-5-12(29-21)10-17(14)28-20/h4-7,9-10,15,22H,2-3,8H2,1H3,(H,23,24,25). The maximum atomic E-state index is 12.9. The molecule has 2 heterocycles. The topological polar surface area (TPSA) is 80.3 Å². The normalized spacial score (nSPS) is 16.1. The maximum absolute atomic E-state index is 12.9. The number of aromatic nitrogens is 1. The van der Waals surface area contributed by atoms with Crippen molar-refractivity contribution in [2.24, 2.45) is 0 Å². The summed E-state index contributed by atoms with van der Waals surface area (Å²) in [5, 5.41) is 6.24. The van der Waals surface area contributed by atoms with Crippen LogP contribution in [0.4, 0.5) is 9.02 Å². The van der Waals surface area contributed by atoms with E-state index in [0.29, 0.717) is 15.5 Å². The number of aryl methyl sites for hydroxylation is 1. The number of hydrogen-bond acceptors (Lipinski definition) is 7. The van der Waals surface area contributed by atoms with Crippen LogP contribution < -0.4 is 15.4 Å². The van der Waals surface area contributed by atoms with Gasteiger partial charge in [-0.15, -0.1) is 0 Å². The molecule has 1 unspecified atom stereocenters. The van der Waals surface area contributed by atoms with Crippen LogP contribution in [0.3, 0.4) is 0 Å². The van der Waals surface area contributed by atoms with Crippen LogP contribution in [0.5, 0.6) is 5.75 Å². The Balaban J connectivity index is 1.56. The largest absolute Gasteiger partial charge is 0.425 e. The van der Waals surface area contributed by atoms with Crippen molar-refractivity contribution in [3.63, 3.8) is 0 Å². The molecule has 29 heavy (non-hydrogen) atoms. The highest BCUT2D eigenvalue weighted by Gasteiger charge is 2.26. The second kappa shape index (κ2) is 8.48. The van der Waals surface area contributed by atoms with Crippen molar-refractivity contribution in [2.75, 3.05) is 11.9 Å². The summed E-state index contributed by atoms with van der Waals surface area (Å²) in [6, 6.07) is 9.76. The van der Waals surface area contributed by atoms with Crippen molar-refractivity contribution in [1.29, 1.82) is 0 Å². The fourth-order valence-electron chi connectivity index (χ4n) is 3.15. The SMILES string of the molecule is Cc1ccc(OC(=O)C2CCCN2)c(C(=O)Nc2nc3ccc(SF)cc3s2)c1. The Hall–Kier alpha value is -2.49. The third kappa shape index (κ3) is 4.42. The van der Waals surface area contributed by atoms with E-state index in [9.17, 15) is 13.5 Å². The first-order valence-electron chi connectivity index (χ1n) is 9.10. The predicted molar refractivity (Wildman–Crippen MR) is 112 cm³/mol. The summed E-state index contributed by atoms with van der Waals surface area (Å²) in [5.74, 6) is -0.601. The number of carbonyl (C=O) groups excluding carboxylic acids is 2. The Bertz CT molecular complexity index is 1080. The lowest BCUT2D eigenvalue weighted by Gasteiger charge is -2.13. The van der Waals surface area contributed by atoms with Gasteiger partial charge in [-0.05, 0) is 56.6 Å². The zero-order valence-corrected chi connectivity index (χ0v) is 17.2. The zero-order valence-electron chi connectivity index (χ0n) is 15.5. The number of nitrogens with one attached hydrogen (secondary N) is 2. The molecular formula is C20H18FN3O3S2. The number of benzene rings is 2. The van der Waals surface area contributed by atoms with Crippen LogP contribution in [-0.2, 0) is 4.79 Å². The maximum Gasteiger partial charge on any atom is 0.328 e. The molecular weight excluding hydrogens is 413 g/mol. The molecule has 3 aromatic rings. The third-order valence-electron chi connectivity index (χ3n) is 4.60. The molecule has 1 saturated heterocycles. The van der Waals surface area contributed by atoms with E-state index in [1.165, 1.54) is 11.3 Å². The van der Waals surface area contributed by atoms with Gasteiger partial charge in [0.05, 0.1) is 27.9 Å². The monoisotopic (exact) mass is 431 g/mol. The van der Waals surface area contributed by atoms with Crippen LogP contribution in [0.15, 0.2) is 41.3 Å². The predicted octanol–water partition coefficient (Wildman–Crippen LogP) is 4.49. The smallest absolute Gasteiger partial charge is 0.328 e. The highest BCUT2D eigenvalue weighted by Crippen LogP contribution is 2.31. The summed E-state index contributed by atoms with van der Waals surface area (Å²) in [6.45, 7) is 2.63. The molecule has 1 atom stereocenters. The van der Waals surface area contributed by atoms with E-state index >= 15 is 0 Å². The molecule has 150 valence electrons. The second-order valence-electron chi connectivity index (χ2n) is 6.75. The van der Waals surface area contributed by atoms with Crippen molar-refractivity contribution in [1.82, 2.24) is 10.3 Å². The molecule has 6 nitrogen and oxygen atoms in total. The molecule has 0 radical (unpaired) electrons. The highest BCUT2D eigenvalue weighted by molar-refractivity contribution is 7.94. The van der Waals surface area contributed by atoms with E-state index in [4.69, 9.17) is 4.74 Å². The van der Waals surface area contributed by atoms with Gasteiger partial charge in [0.2, 0.25) is 0 Å². The summed E-state index contributed by atoms with van der Waals surface area (Å²) in [4.78, 5) is 30.1. The molecule has 1 fully saturated rings. The number of nitrogens with zero attached hydrogens (tertiary/aromatic N) is 1. The molecule has 1 aliphatic rings. The number of hydrogen-bond donors (Lipinski definition) is 2. The summed E-state index contributed by atoms with van der Waals surface area (Å²) in [5.41, 5.74) is 1.80. The molecule has 9 heteroatoms. The van der Waals surface area contributed by atoms with Crippen molar-refractivity contribution >= 4 is 50.7 Å². The van der Waals surface area contributed by atoms with Crippen molar-refractivity contribution in [3.05, 3.63) is 47.5 Å². The minimum Gasteiger partial charge on any atom is -0.425 e. The molecule has 4 rings (SSSR count). The number of anilines is 1. The van der Waals surface area contributed by atoms with E-state index < -0.39 is 11.9 Å². The average molecular weight is 432 g/mol.